The molecule has 0 aromatic rings. The lowest BCUT2D eigenvalue weighted by Gasteiger charge is -2.38. The van der Waals surface area contributed by atoms with Crippen molar-refractivity contribution in [1.82, 2.24) is 9.80 Å². The Morgan fingerprint density at radius 1 is 1.50 bits per heavy atom. The van der Waals surface area contributed by atoms with E-state index in [0.717, 1.165) is 25.9 Å². The van der Waals surface area contributed by atoms with E-state index >= 15 is 0 Å². The van der Waals surface area contributed by atoms with E-state index in [0.29, 0.717) is 12.1 Å². The predicted octanol–water partition coefficient (Wildman–Crippen LogP) is 1.95. The highest BCUT2D eigenvalue weighted by Gasteiger charge is 2.27. The zero-order chi connectivity index (χ0) is 12.1. The van der Waals surface area contributed by atoms with Crippen molar-refractivity contribution in [3.63, 3.8) is 0 Å². The van der Waals surface area contributed by atoms with Crippen LogP contribution in [0.4, 0.5) is 0 Å². The number of halogens is 1. The highest BCUT2D eigenvalue weighted by Crippen LogP contribution is 2.18. The van der Waals surface area contributed by atoms with Crippen LogP contribution in [-0.4, -0.2) is 53.8 Å². The molecule has 0 aliphatic carbocycles. The fraction of sp³-hybridized carbons (Fsp3) is 0.917. The van der Waals surface area contributed by atoms with Crippen LogP contribution in [0.2, 0.25) is 0 Å². The van der Waals surface area contributed by atoms with Crippen LogP contribution in [0.25, 0.3) is 0 Å². The van der Waals surface area contributed by atoms with Gasteiger partial charge in [0.2, 0.25) is 5.91 Å². The summed E-state index contributed by atoms with van der Waals surface area (Å²) in [7, 11) is 2.11. The number of likely N-dealkylation sites (tertiary alicyclic amines) is 1. The summed E-state index contributed by atoms with van der Waals surface area (Å²) >= 11 is 5.64. The number of alkyl halides is 1. The Labute approximate surface area is 104 Å². The first-order valence-electron chi connectivity index (χ1n) is 6.12. The van der Waals surface area contributed by atoms with Gasteiger partial charge in [-0.25, -0.2) is 0 Å². The van der Waals surface area contributed by atoms with Gasteiger partial charge >= 0.3 is 0 Å². The number of likely N-dealkylation sites (N-methyl/N-ethyl adjacent to an activating group) is 1. The Balaban J connectivity index is 2.56. The molecule has 1 atom stereocenters. The number of amides is 1. The van der Waals surface area contributed by atoms with Crippen LogP contribution < -0.4 is 0 Å². The van der Waals surface area contributed by atoms with Gasteiger partial charge in [0, 0.05) is 25.2 Å². The van der Waals surface area contributed by atoms with Gasteiger partial charge < -0.3 is 9.80 Å². The van der Waals surface area contributed by atoms with Gasteiger partial charge in [0.15, 0.2) is 0 Å². The molecule has 1 aliphatic rings. The average molecular weight is 247 g/mol. The Morgan fingerprint density at radius 3 is 2.75 bits per heavy atom. The number of hydrogen-bond donors (Lipinski definition) is 0. The molecule has 0 N–H and O–H groups in total. The summed E-state index contributed by atoms with van der Waals surface area (Å²) in [4.78, 5) is 16.0. The van der Waals surface area contributed by atoms with Crippen LogP contribution >= 0.6 is 11.6 Å². The van der Waals surface area contributed by atoms with E-state index in [1.807, 2.05) is 4.90 Å². The Bertz CT molecular complexity index is 233. The number of rotatable bonds is 4. The Hall–Kier alpha value is -0.280. The largest absolute Gasteiger partial charge is 0.337 e. The normalized spacial score (nSPS) is 21.9. The number of piperidine rings is 1. The molecule has 0 saturated carbocycles. The molecule has 3 nitrogen and oxygen atoms in total. The summed E-state index contributed by atoms with van der Waals surface area (Å²) in [5.74, 6) is 0.200. The van der Waals surface area contributed by atoms with Crippen molar-refractivity contribution in [3.8, 4) is 0 Å². The maximum absolute atomic E-state index is 11.7. The van der Waals surface area contributed by atoms with Gasteiger partial charge in [0.1, 0.15) is 5.88 Å². The van der Waals surface area contributed by atoms with Crippen molar-refractivity contribution in [2.24, 2.45) is 0 Å². The second kappa shape index (κ2) is 6.45. The van der Waals surface area contributed by atoms with E-state index in [2.05, 4.69) is 25.8 Å². The van der Waals surface area contributed by atoms with E-state index in [1.54, 1.807) is 0 Å². The maximum Gasteiger partial charge on any atom is 0.237 e. The first kappa shape index (κ1) is 13.8. The van der Waals surface area contributed by atoms with Gasteiger partial charge in [-0.3, -0.25) is 4.79 Å². The molecule has 1 rings (SSSR count). The van der Waals surface area contributed by atoms with Crippen LogP contribution in [0.5, 0.6) is 0 Å². The van der Waals surface area contributed by atoms with E-state index in [9.17, 15) is 4.79 Å². The summed E-state index contributed by atoms with van der Waals surface area (Å²) in [6.45, 7) is 6.19. The summed E-state index contributed by atoms with van der Waals surface area (Å²) in [6, 6.07) is 0.877. The topological polar surface area (TPSA) is 23.6 Å². The maximum atomic E-state index is 11.7. The molecule has 1 heterocycles. The molecule has 0 spiro atoms. The molecule has 0 bridgehead atoms. The summed E-state index contributed by atoms with van der Waals surface area (Å²) in [5.41, 5.74) is 0. The lowest BCUT2D eigenvalue weighted by Crippen LogP contribution is -2.50. The van der Waals surface area contributed by atoms with Gasteiger partial charge in [0.05, 0.1) is 0 Å². The van der Waals surface area contributed by atoms with Crippen molar-refractivity contribution < 1.29 is 4.79 Å². The third kappa shape index (κ3) is 3.63. The lowest BCUT2D eigenvalue weighted by atomic mass is 10.0. The SMILES string of the molecule is CC(C)N(C)C[C@@H]1CCCCN1C(=O)CCl. The van der Waals surface area contributed by atoms with E-state index in [4.69, 9.17) is 11.6 Å². The average Bonchev–Trinajstić information content (AvgIpc) is 2.28. The van der Waals surface area contributed by atoms with Crippen LogP contribution in [0.3, 0.4) is 0 Å². The smallest absolute Gasteiger partial charge is 0.237 e. The highest BCUT2D eigenvalue weighted by molar-refractivity contribution is 6.27. The first-order valence-corrected chi connectivity index (χ1v) is 6.65. The minimum absolute atomic E-state index is 0.0866. The molecule has 4 heteroatoms. The van der Waals surface area contributed by atoms with Crippen LogP contribution in [0.1, 0.15) is 33.1 Å². The molecule has 1 amide bonds. The summed E-state index contributed by atoms with van der Waals surface area (Å²) in [5, 5.41) is 0. The van der Waals surface area contributed by atoms with Gasteiger partial charge in [-0.05, 0) is 40.2 Å². The van der Waals surface area contributed by atoms with Crippen molar-refractivity contribution in [3.05, 3.63) is 0 Å². The first-order chi connectivity index (χ1) is 7.56. The molecule has 94 valence electrons. The molecule has 16 heavy (non-hydrogen) atoms. The molecule has 0 unspecified atom stereocenters. The monoisotopic (exact) mass is 246 g/mol. The van der Waals surface area contributed by atoms with Gasteiger partial charge in [-0.1, -0.05) is 0 Å². The molecule has 0 radical (unpaired) electrons. The van der Waals surface area contributed by atoms with Crippen molar-refractivity contribution in [1.29, 1.82) is 0 Å². The lowest BCUT2D eigenvalue weighted by molar-refractivity contribution is -0.132. The van der Waals surface area contributed by atoms with Gasteiger partial charge in [-0.15, -0.1) is 11.6 Å². The molecular formula is C12H23ClN2O. The second-order valence-electron chi connectivity index (χ2n) is 4.90. The fourth-order valence-electron chi connectivity index (χ4n) is 2.14. The van der Waals surface area contributed by atoms with Crippen molar-refractivity contribution in [2.45, 2.75) is 45.2 Å². The number of nitrogens with zero attached hydrogens (tertiary/aromatic N) is 2. The minimum Gasteiger partial charge on any atom is -0.337 e. The zero-order valence-electron chi connectivity index (χ0n) is 10.6. The quantitative estimate of drug-likeness (QED) is 0.708. The van der Waals surface area contributed by atoms with Gasteiger partial charge in [0.25, 0.3) is 0 Å². The molecule has 0 aromatic carbocycles. The number of carbonyl (C=O) groups excluding carboxylic acids is 1. The van der Waals surface area contributed by atoms with E-state index in [-0.39, 0.29) is 11.8 Å². The molecule has 1 fully saturated rings. The van der Waals surface area contributed by atoms with Crippen molar-refractivity contribution >= 4 is 17.5 Å². The summed E-state index contributed by atoms with van der Waals surface area (Å²) < 4.78 is 0. The minimum atomic E-state index is 0.0866. The van der Waals surface area contributed by atoms with Crippen molar-refractivity contribution in [2.75, 3.05) is 26.0 Å². The van der Waals surface area contributed by atoms with Crippen LogP contribution in [0, 0.1) is 0 Å². The Kier molecular flexibility index (Phi) is 5.56. The van der Waals surface area contributed by atoms with E-state index in [1.165, 1.54) is 6.42 Å². The molecule has 0 aromatic heterocycles. The predicted molar refractivity (Wildman–Crippen MR) is 67.8 cm³/mol. The summed E-state index contributed by atoms with van der Waals surface area (Å²) in [6.07, 6.45) is 3.45. The van der Waals surface area contributed by atoms with Crippen LogP contribution in [-0.2, 0) is 4.79 Å². The number of hydrogen-bond acceptors (Lipinski definition) is 2. The molecule has 1 saturated heterocycles. The molecule has 1 aliphatic heterocycles. The van der Waals surface area contributed by atoms with E-state index < -0.39 is 0 Å². The van der Waals surface area contributed by atoms with Crippen LogP contribution in [0.15, 0.2) is 0 Å². The third-order valence-electron chi connectivity index (χ3n) is 3.44. The van der Waals surface area contributed by atoms with Gasteiger partial charge in [-0.2, -0.15) is 0 Å². The Morgan fingerprint density at radius 2 is 2.19 bits per heavy atom. The zero-order valence-corrected chi connectivity index (χ0v) is 11.3. The molecular weight excluding hydrogens is 224 g/mol. The second-order valence-corrected chi connectivity index (χ2v) is 5.17. The fourth-order valence-corrected chi connectivity index (χ4v) is 2.29. The standard InChI is InChI=1S/C12H23ClN2O/c1-10(2)14(3)9-11-6-4-5-7-15(11)12(16)8-13/h10-11H,4-9H2,1-3H3/t11-/m0/s1. The third-order valence-corrected chi connectivity index (χ3v) is 3.67. The number of carbonyl (C=O) groups is 1. The highest BCUT2D eigenvalue weighted by atomic mass is 35.5.